The molecule has 0 aliphatic carbocycles. The molecule has 1 N–H and O–H groups in total. The third kappa shape index (κ3) is 4.86. The standard InChI is InChI=1S/C34H31NO3S2/c36-25-31-23-32(24-35(31)40(37,38)33-21-20-26-12-10-11-13-27(26)22-33)39-34(28-14-4-1-5-15-28,29-16-6-2-7-17-29)30-18-8-3-9-19-30/h1-22,31-32,36H,23-25H2/t31-,32+/m0/s1. The molecule has 6 heteroatoms. The molecule has 1 saturated heterocycles. The summed E-state index contributed by atoms with van der Waals surface area (Å²) in [5, 5.41) is 12.2. The zero-order valence-corrected chi connectivity index (χ0v) is 23.6. The minimum Gasteiger partial charge on any atom is -0.395 e. The minimum absolute atomic E-state index is 0.0481. The molecule has 4 nitrogen and oxygen atoms in total. The number of fused-ring (bicyclic) bond motifs is 1. The van der Waals surface area contributed by atoms with Gasteiger partial charge >= 0.3 is 0 Å². The molecule has 0 amide bonds. The maximum absolute atomic E-state index is 14.0. The van der Waals surface area contributed by atoms with Crippen LogP contribution in [0.4, 0.5) is 0 Å². The molecule has 0 aromatic heterocycles. The Kier molecular flexibility index (Phi) is 7.51. The summed E-state index contributed by atoms with van der Waals surface area (Å²) in [6, 6.07) is 43.8. The molecule has 0 radical (unpaired) electrons. The van der Waals surface area contributed by atoms with Gasteiger partial charge in [-0.05, 0) is 46.0 Å². The van der Waals surface area contributed by atoms with Crippen LogP contribution in [-0.2, 0) is 14.8 Å². The Bertz CT molecular complexity index is 1600. The van der Waals surface area contributed by atoms with E-state index in [1.165, 1.54) is 4.31 Å². The van der Waals surface area contributed by atoms with Gasteiger partial charge in [0, 0.05) is 17.8 Å². The van der Waals surface area contributed by atoms with Gasteiger partial charge in [0.25, 0.3) is 0 Å². The van der Waals surface area contributed by atoms with Crippen LogP contribution in [0.25, 0.3) is 10.8 Å². The number of thioether (sulfide) groups is 1. The first kappa shape index (κ1) is 26.8. The van der Waals surface area contributed by atoms with Crippen LogP contribution in [0.5, 0.6) is 0 Å². The third-order valence-electron chi connectivity index (χ3n) is 7.75. The van der Waals surface area contributed by atoms with E-state index >= 15 is 0 Å². The average molecular weight is 566 g/mol. The minimum atomic E-state index is -3.81. The van der Waals surface area contributed by atoms with Crippen molar-refractivity contribution in [1.29, 1.82) is 0 Å². The van der Waals surface area contributed by atoms with E-state index in [4.69, 9.17) is 0 Å². The summed E-state index contributed by atoms with van der Waals surface area (Å²) < 4.78 is 28.9. The Hall–Kier alpha value is -3.42. The molecule has 0 bridgehead atoms. The highest BCUT2D eigenvalue weighted by molar-refractivity contribution is 8.01. The van der Waals surface area contributed by atoms with Gasteiger partial charge in [0.05, 0.1) is 16.2 Å². The van der Waals surface area contributed by atoms with Crippen LogP contribution < -0.4 is 0 Å². The Morgan fingerprint density at radius 2 is 1.20 bits per heavy atom. The fraction of sp³-hybridized carbons (Fsp3) is 0.176. The largest absolute Gasteiger partial charge is 0.395 e. The smallest absolute Gasteiger partial charge is 0.243 e. The number of rotatable bonds is 8. The Balaban J connectivity index is 1.41. The van der Waals surface area contributed by atoms with E-state index in [0.717, 1.165) is 27.5 Å². The molecule has 2 atom stereocenters. The summed E-state index contributed by atoms with van der Waals surface area (Å²) in [6.45, 7) is 0.0954. The predicted octanol–water partition coefficient (Wildman–Crippen LogP) is 6.69. The lowest BCUT2D eigenvalue weighted by Crippen LogP contribution is -2.38. The van der Waals surface area contributed by atoms with Crippen LogP contribution in [0.15, 0.2) is 138 Å². The number of nitrogens with zero attached hydrogens (tertiary/aromatic N) is 1. The lowest BCUT2D eigenvalue weighted by Gasteiger charge is -2.37. The molecule has 5 aromatic carbocycles. The van der Waals surface area contributed by atoms with E-state index in [9.17, 15) is 13.5 Å². The van der Waals surface area contributed by atoms with Crippen molar-refractivity contribution in [3.63, 3.8) is 0 Å². The van der Waals surface area contributed by atoms with Crippen LogP contribution >= 0.6 is 11.8 Å². The SMILES string of the molecule is O=S(=O)(c1ccc2ccccc2c1)N1C[C@H](SC(c2ccccc2)(c2ccccc2)c2ccccc2)C[C@H]1CO. The zero-order chi connectivity index (χ0) is 27.6. The first-order valence-corrected chi connectivity index (χ1v) is 15.8. The summed E-state index contributed by atoms with van der Waals surface area (Å²) in [7, 11) is -3.81. The van der Waals surface area contributed by atoms with Gasteiger partial charge in [0.2, 0.25) is 10.0 Å². The molecular formula is C34H31NO3S2. The molecular weight excluding hydrogens is 535 g/mol. The predicted molar refractivity (Wildman–Crippen MR) is 164 cm³/mol. The Labute approximate surface area is 240 Å². The van der Waals surface area contributed by atoms with Crippen molar-refractivity contribution in [2.75, 3.05) is 13.2 Å². The normalized spacial score (nSPS) is 18.2. The summed E-state index contributed by atoms with van der Waals surface area (Å²) >= 11 is 1.78. The van der Waals surface area contributed by atoms with Crippen LogP contribution in [0.2, 0.25) is 0 Å². The van der Waals surface area contributed by atoms with Crippen molar-refractivity contribution in [1.82, 2.24) is 4.31 Å². The fourth-order valence-electron chi connectivity index (χ4n) is 5.83. The lowest BCUT2D eigenvalue weighted by atomic mass is 9.84. The second kappa shape index (κ2) is 11.2. The fourth-order valence-corrected chi connectivity index (χ4v) is 9.50. The molecule has 202 valence electrons. The molecule has 1 fully saturated rings. The van der Waals surface area contributed by atoms with Crippen molar-refractivity contribution < 1.29 is 13.5 Å². The number of benzene rings is 5. The monoisotopic (exact) mass is 565 g/mol. The Morgan fingerprint density at radius 3 is 1.73 bits per heavy atom. The molecule has 5 aromatic rings. The molecule has 0 unspecified atom stereocenters. The highest BCUT2D eigenvalue weighted by Gasteiger charge is 2.46. The Morgan fingerprint density at radius 1 is 0.700 bits per heavy atom. The first-order valence-electron chi connectivity index (χ1n) is 13.5. The molecule has 1 heterocycles. The zero-order valence-electron chi connectivity index (χ0n) is 22.0. The molecule has 1 aliphatic rings. The van der Waals surface area contributed by atoms with Gasteiger partial charge in [0.15, 0.2) is 0 Å². The quantitative estimate of drug-likeness (QED) is 0.213. The van der Waals surface area contributed by atoms with E-state index < -0.39 is 20.8 Å². The first-order chi connectivity index (χ1) is 19.5. The summed E-state index contributed by atoms with van der Waals surface area (Å²) in [5.74, 6) is 0. The highest BCUT2D eigenvalue weighted by Crippen LogP contribution is 2.52. The summed E-state index contributed by atoms with van der Waals surface area (Å²) in [6.07, 6.45) is 0.558. The van der Waals surface area contributed by atoms with E-state index in [-0.39, 0.29) is 16.8 Å². The number of hydrogen-bond donors (Lipinski definition) is 1. The molecule has 0 spiro atoms. The number of aliphatic hydroxyl groups excluding tert-OH is 1. The van der Waals surface area contributed by atoms with E-state index in [0.29, 0.717) is 13.0 Å². The van der Waals surface area contributed by atoms with Crippen molar-refractivity contribution in [3.05, 3.63) is 150 Å². The van der Waals surface area contributed by atoms with E-state index in [1.807, 2.05) is 48.5 Å². The average Bonchev–Trinajstić information content (AvgIpc) is 3.45. The summed E-state index contributed by atoms with van der Waals surface area (Å²) in [4.78, 5) is 0.260. The van der Waals surface area contributed by atoms with Gasteiger partial charge in [-0.15, -0.1) is 11.8 Å². The topological polar surface area (TPSA) is 57.6 Å². The van der Waals surface area contributed by atoms with Gasteiger partial charge in [-0.25, -0.2) is 8.42 Å². The van der Waals surface area contributed by atoms with Gasteiger partial charge in [-0.2, -0.15) is 4.31 Å². The van der Waals surface area contributed by atoms with Gasteiger partial charge in [-0.1, -0.05) is 121 Å². The van der Waals surface area contributed by atoms with Crippen LogP contribution in [0, 0.1) is 0 Å². The van der Waals surface area contributed by atoms with Crippen molar-refractivity contribution in [3.8, 4) is 0 Å². The second-order valence-corrected chi connectivity index (χ2v) is 13.6. The lowest BCUT2D eigenvalue weighted by molar-refractivity contribution is 0.213. The third-order valence-corrected chi connectivity index (χ3v) is 11.4. The molecule has 40 heavy (non-hydrogen) atoms. The van der Waals surface area contributed by atoms with Gasteiger partial charge < -0.3 is 5.11 Å². The van der Waals surface area contributed by atoms with Gasteiger partial charge in [-0.3, -0.25) is 0 Å². The number of sulfonamides is 1. The molecule has 6 rings (SSSR count). The number of aliphatic hydroxyl groups is 1. The van der Waals surface area contributed by atoms with E-state index in [1.54, 1.807) is 23.9 Å². The summed E-state index contributed by atoms with van der Waals surface area (Å²) in [5.41, 5.74) is 3.40. The van der Waals surface area contributed by atoms with Crippen molar-refractivity contribution >= 4 is 32.6 Å². The van der Waals surface area contributed by atoms with Crippen LogP contribution in [0.3, 0.4) is 0 Å². The van der Waals surface area contributed by atoms with Crippen molar-refractivity contribution in [2.45, 2.75) is 27.4 Å². The maximum Gasteiger partial charge on any atom is 0.243 e. The molecule has 1 aliphatic heterocycles. The maximum atomic E-state index is 14.0. The van der Waals surface area contributed by atoms with E-state index in [2.05, 4.69) is 72.8 Å². The molecule has 0 saturated carbocycles. The van der Waals surface area contributed by atoms with Gasteiger partial charge in [0.1, 0.15) is 0 Å². The number of hydrogen-bond acceptors (Lipinski definition) is 4. The van der Waals surface area contributed by atoms with Crippen LogP contribution in [-0.4, -0.2) is 42.3 Å². The van der Waals surface area contributed by atoms with Crippen molar-refractivity contribution in [2.24, 2.45) is 0 Å². The second-order valence-electron chi connectivity index (χ2n) is 10.2. The highest BCUT2D eigenvalue weighted by atomic mass is 32.2. The van der Waals surface area contributed by atoms with Crippen LogP contribution in [0.1, 0.15) is 23.1 Å².